The standard InChI is InChI=1S/C21H25Cl3O4S.C21H26Cl2O7S2.3C20H23Cl3O5S/c1-4-14(2)12-27-16-5-7-17(8-6-16)29(25,26)18-9-19(23)21(20(24)10-18)28-13-15(3)11-22;1-3-5-10-29-16-6-8-17(9-7-16)32(27,28)18-11-19(22)21(20(23)12-18)30-13-15(24)14-31(25,26)4-2;3*1-3-14(24)12-27-15-4-6-16(7-5-15)29(25,26)17-8-18(22)20(19(23)9-17)28-11-13(2)10-21/h5-10,14-15H,4,11-13H2,1-3H3;6-9,11-12,15,24H,3-5,10,13-14H2,1-2H3;3*4-9,13-14,24H,3,10-12H2,1-2H3/t;15-;13-,14+;2*13-,14-/m.1110/s1. The van der Waals surface area contributed by atoms with Crippen molar-refractivity contribution in [2.45, 2.75) is 188 Å². The van der Waals surface area contributed by atoms with Gasteiger partial charge in [-0.15, -0.1) is 46.4 Å². The highest BCUT2D eigenvalue weighted by Crippen LogP contribution is 2.45. The molecule has 0 saturated heterocycles. The monoisotopic (exact) mass is 2440 g/mol. The molecule has 0 spiro atoms. The highest BCUT2D eigenvalue weighted by Gasteiger charge is 2.30. The Morgan fingerprint density at radius 2 is 0.419 bits per heavy atom. The van der Waals surface area contributed by atoms with E-state index in [4.69, 9.17) is 210 Å². The molecule has 4 N–H and O–H groups in total. The number of rotatable bonds is 52. The van der Waals surface area contributed by atoms with Gasteiger partial charge in [0.2, 0.25) is 49.2 Å². The van der Waals surface area contributed by atoms with Crippen LogP contribution in [0.3, 0.4) is 0 Å². The first-order chi connectivity index (χ1) is 69.7. The van der Waals surface area contributed by atoms with E-state index in [0.29, 0.717) is 117 Å². The second kappa shape index (κ2) is 63.1. The molecule has 10 aromatic rings. The molecule has 0 amide bonds. The van der Waals surface area contributed by atoms with Crippen LogP contribution in [0.25, 0.3) is 0 Å². The molecule has 0 heterocycles. The third kappa shape index (κ3) is 40.5. The summed E-state index contributed by atoms with van der Waals surface area (Å²) in [6.07, 6.45) is 1.60. The third-order valence-corrected chi connectivity index (χ3v) is 36.7. The Morgan fingerprint density at radius 1 is 0.236 bits per heavy atom. The molecular formula is C102H120Cl14O26S6. The third-order valence-electron chi connectivity index (χ3n) is 21.2. The Balaban J connectivity index is 0.000000283. The van der Waals surface area contributed by atoms with Gasteiger partial charge in [0.05, 0.1) is 163 Å². The van der Waals surface area contributed by atoms with Crippen molar-refractivity contribution >= 4 is 221 Å². The van der Waals surface area contributed by atoms with Crippen molar-refractivity contribution in [3.8, 4) is 57.5 Å². The Hall–Kier alpha value is -6.20. The molecule has 818 valence electrons. The van der Waals surface area contributed by atoms with Crippen molar-refractivity contribution in [3.05, 3.63) is 232 Å². The molecule has 0 aliphatic heterocycles. The molecule has 9 atom stereocenters. The maximum Gasteiger partial charge on any atom is 0.206 e. The summed E-state index contributed by atoms with van der Waals surface area (Å²) in [6, 6.07) is 43.0. The Morgan fingerprint density at radius 3 is 0.601 bits per heavy atom. The van der Waals surface area contributed by atoms with Gasteiger partial charge in [-0.3, -0.25) is 0 Å². The number of benzene rings is 10. The van der Waals surface area contributed by atoms with Crippen molar-refractivity contribution in [1.82, 2.24) is 0 Å². The molecule has 0 saturated carbocycles. The Kier molecular flexibility index (Phi) is 55.6. The van der Waals surface area contributed by atoms with Crippen LogP contribution in [0.1, 0.15) is 115 Å². The van der Waals surface area contributed by atoms with Crippen LogP contribution in [0.4, 0.5) is 0 Å². The van der Waals surface area contributed by atoms with E-state index in [9.17, 15) is 70.9 Å². The molecule has 0 aromatic heterocycles. The van der Waals surface area contributed by atoms with Crippen molar-refractivity contribution in [2.24, 2.45) is 29.6 Å². The van der Waals surface area contributed by atoms with Gasteiger partial charge in [0.25, 0.3) is 0 Å². The average molecular weight is 2450 g/mol. The Labute approximate surface area is 939 Å². The van der Waals surface area contributed by atoms with Crippen molar-refractivity contribution < 1.29 is 118 Å². The minimum Gasteiger partial charge on any atom is -0.494 e. The second-order valence-corrected chi connectivity index (χ2v) is 51.5. The molecule has 0 aliphatic rings. The molecule has 0 fully saturated rings. The fraction of sp³-hybridized carbons (Fsp3) is 0.412. The lowest BCUT2D eigenvalue weighted by molar-refractivity contribution is 0.104. The van der Waals surface area contributed by atoms with Crippen LogP contribution >= 0.6 is 162 Å². The van der Waals surface area contributed by atoms with E-state index >= 15 is 0 Å². The topological polar surface area (TPSA) is 378 Å². The highest BCUT2D eigenvalue weighted by atomic mass is 35.5. The molecule has 0 bridgehead atoms. The zero-order chi connectivity index (χ0) is 110. The van der Waals surface area contributed by atoms with Crippen LogP contribution < -0.4 is 47.4 Å². The molecular weight excluding hydrogens is 2330 g/mol. The normalized spacial score (nSPS) is 13.6. The number of aliphatic hydroxyl groups excluding tert-OH is 4. The summed E-state index contributed by atoms with van der Waals surface area (Å²) in [5.74, 6) is 5.36. The quantitative estimate of drug-likeness (QED) is 0.0203. The SMILES string of the molecule is CCC(C)COc1ccc(S(=O)(=O)c2cc(Cl)c(OCC(C)CCl)c(Cl)c2)cc1.CCCCOc1ccc(S(=O)(=O)c2cc(Cl)c(OC[C@@H](O)CS(=O)(=O)CC)c(Cl)c2)cc1.CC[C@@H](O)COc1ccc(S(=O)(=O)c2cc(Cl)c(OC[C@H](C)CCl)c(Cl)c2)cc1.CC[C@H](O)COc1ccc(S(=O)(=O)c2cc(Cl)c(OC[C@@H](C)CCl)c(Cl)c2)cc1.CC[C@H](O)COc1ccc(S(=O)(=O)c2cc(Cl)c(OC[C@H](C)CCl)c(Cl)c2)cc1. The summed E-state index contributed by atoms with van der Waals surface area (Å²) in [6.45, 7) is 23.3. The fourth-order valence-electron chi connectivity index (χ4n) is 11.7. The first-order valence-corrected chi connectivity index (χ1v) is 61.6. The van der Waals surface area contributed by atoms with Gasteiger partial charge in [-0.2, -0.15) is 0 Å². The molecule has 0 aliphatic carbocycles. The number of unbranched alkanes of at least 4 members (excludes halogenated alkanes) is 1. The number of hydrogen-bond donors (Lipinski definition) is 4. The predicted octanol–water partition coefficient (Wildman–Crippen LogP) is 26.4. The van der Waals surface area contributed by atoms with E-state index in [-0.39, 0.29) is 184 Å². The van der Waals surface area contributed by atoms with E-state index < -0.39 is 89.2 Å². The van der Waals surface area contributed by atoms with Gasteiger partial charge in [-0.1, -0.05) is 205 Å². The summed E-state index contributed by atoms with van der Waals surface area (Å²) < 4.78 is 208. The fourth-order valence-corrected chi connectivity index (χ4v) is 23.2. The maximum atomic E-state index is 13.0. The summed E-state index contributed by atoms with van der Waals surface area (Å²) in [7, 11) is -22.6. The van der Waals surface area contributed by atoms with E-state index in [1.807, 2.05) is 55.4 Å². The number of alkyl halides is 4. The van der Waals surface area contributed by atoms with Crippen molar-refractivity contribution in [3.63, 3.8) is 0 Å². The zero-order valence-electron chi connectivity index (χ0n) is 82.6. The molecule has 148 heavy (non-hydrogen) atoms. The maximum absolute atomic E-state index is 13.0. The lowest BCUT2D eigenvalue weighted by atomic mass is 10.1. The van der Waals surface area contributed by atoms with Crippen molar-refractivity contribution in [1.29, 1.82) is 0 Å². The number of halogens is 14. The minimum absolute atomic E-state index is 0.00137. The van der Waals surface area contributed by atoms with E-state index in [1.54, 1.807) is 24.3 Å². The number of aliphatic hydroxyl groups is 4. The lowest BCUT2D eigenvalue weighted by Crippen LogP contribution is -2.28. The minimum atomic E-state index is -3.91. The van der Waals surface area contributed by atoms with Gasteiger partial charge in [0.15, 0.2) is 38.6 Å². The Bertz CT molecular complexity index is 5890. The summed E-state index contributed by atoms with van der Waals surface area (Å²) >= 11 is 85.2. The van der Waals surface area contributed by atoms with Crippen LogP contribution in [0, 0.1) is 29.6 Å². The smallest absolute Gasteiger partial charge is 0.206 e. The van der Waals surface area contributed by atoms with Crippen LogP contribution in [0.15, 0.2) is 231 Å². The zero-order valence-corrected chi connectivity index (χ0v) is 98.1. The van der Waals surface area contributed by atoms with Crippen LogP contribution in [0.2, 0.25) is 50.2 Å². The first kappa shape index (κ1) is 130. The molecule has 2 unspecified atom stereocenters. The lowest BCUT2D eigenvalue weighted by Gasteiger charge is -2.15. The number of hydrogen-bond acceptors (Lipinski definition) is 26. The van der Waals surface area contributed by atoms with Crippen LogP contribution in [-0.4, -0.2) is 196 Å². The molecule has 10 rings (SSSR count). The van der Waals surface area contributed by atoms with Crippen LogP contribution in [0.5, 0.6) is 57.5 Å². The van der Waals surface area contributed by atoms with E-state index in [0.717, 1.165) is 19.3 Å². The van der Waals surface area contributed by atoms with E-state index in [1.165, 1.54) is 165 Å². The largest absolute Gasteiger partial charge is 0.494 e. The first-order valence-electron chi connectivity index (χ1n) is 46.4. The summed E-state index contributed by atoms with van der Waals surface area (Å²) in [5.41, 5.74) is 0. The molecule has 26 nitrogen and oxygen atoms in total. The number of sulfone groups is 6. The van der Waals surface area contributed by atoms with E-state index in [2.05, 4.69) is 13.8 Å². The summed E-state index contributed by atoms with van der Waals surface area (Å²) in [4.78, 5) is 0.117. The van der Waals surface area contributed by atoms with Gasteiger partial charge in [0, 0.05) is 52.9 Å². The van der Waals surface area contributed by atoms with Crippen LogP contribution in [-0.2, 0) is 59.0 Å². The molecule has 0 radical (unpaired) electrons. The van der Waals surface area contributed by atoms with Gasteiger partial charge in [-0.05, 0) is 214 Å². The van der Waals surface area contributed by atoms with Crippen molar-refractivity contribution in [2.75, 3.05) is 101 Å². The predicted molar refractivity (Wildman–Crippen MR) is 590 cm³/mol. The molecule has 10 aromatic carbocycles. The highest BCUT2D eigenvalue weighted by molar-refractivity contribution is 7.93. The second-order valence-electron chi connectivity index (χ2n) is 34.0. The van der Waals surface area contributed by atoms with Gasteiger partial charge < -0.3 is 67.8 Å². The summed E-state index contributed by atoms with van der Waals surface area (Å²) in [5, 5.41) is 39.2. The van der Waals surface area contributed by atoms with Gasteiger partial charge in [0.1, 0.15) is 61.3 Å². The van der Waals surface area contributed by atoms with Gasteiger partial charge in [-0.25, -0.2) is 50.5 Å². The van der Waals surface area contributed by atoms with Gasteiger partial charge >= 0.3 is 0 Å². The number of ether oxygens (including phenoxy) is 10. The average Bonchev–Trinajstić information content (AvgIpc) is 0.800. The molecule has 46 heteroatoms.